The highest BCUT2D eigenvalue weighted by molar-refractivity contribution is 7.89. The average Bonchev–Trinajstić information content (AvgIpc) is 3.05. The zero-order valence-electron chi connectivity index (χ0n) is 11.5. The molecule has 22 heavy (non-hydrogen) atoms. The van der Waals surface area contributed by atoms with Crippen molar-refractivity contribution in [2.45, 2.75) is 18.9 Å². The van der Waals surface area contributed by atoms with Gasteiger partial charge in [-0.1, -0.05) is 11.3 Å². The SMILES string of the molecule is CS(=O)(=O)NC(=O)[C@@H]1CCCN1C(=O)c1ccc([N+](=O)[O-])s1. The van der Waals surface area contributed by atoms with Gasteiger partial charge < -0.3 is 4.90 Å². The number of amides is 2. The third kappa shape index (κ3) is 3.60. The van der Waals surface area contributed by atoms with Gasteiger partial charge in [-0.25, -0.2) is 8.42 Å². The van der Waals surface area contributed by atoms with Crippen molar-refractivity contribution >= 4 is 38.2 Å². The fourth-order valence-electron chi connectivity index (χ4n) is 2.22. The second-order valence-corrected chi connectivity index (χ2v) is 7.60. The fourth-order valence-corrected chi connectivity index (χ4v) is 3.49. The lowest BCUT2D eigenvalue weighted by atomic mass is 10.2. The van der Waals surface area contributed by atoms with Gasteiger partial charge in [0.15, 0.2) is 0 Å². The minimum absolute atomic E-state index is 0.144. The number of nitrogens with one attached hydrogen (secondary N) is 1. The van der Waals surface area contributed by atoms with E-state index in [0.717, 1.165) is 17.6 Å². The Kier molecular flexibility index (Phi) is 4.47. The zero-order chi connectivity index (χ0) is 16.5. The van der Waals surface area contributed by atoms with Crippen LogP contribution in [0, 0.1) is 10.1 Å². The lowest BCUT2D eigenvalue weighted by Gasteiger charge is -2.22. The molecule has 0 unspecified atom stereocenters. The molecule has 1 N–H and O–H groups in total. The molecule has 0 aromatic carbocycles. The Balaban J connectivity index is 2.17. The van der Waals surface area contributed by atoms with E-state index in [9.17, 15) is 28.1 Å². The summed E-state index contributed by atoms with van der Waals surface area (Å²) >= 11 is 0.723. The quantitative estimate of drug-likeness (QED) is 0.618. The summed E-state index contributed by atoms with van der Waals surface area (Å²) in [6, 6.07) is 1.66. The molecule has 120 valence electrons. The Morgan fingerprint density at radius 2 is 2.14 bits per heavy atom. The maximum Gasteiger partial charge on any atom is 0.324 e. The highest BCUT2D eigenvalue weighted by Crippen LogP contribution is 2.28. The number of rotatable bonds is 4. The molecule has 0 saturated carbocycles. The number of hydrogen-bond donors (Lipinski definition) is 1. The number of sulfonamides is 1. The third-order valence-corrected chi connectivity index (χ3v) is 4.68. The highest BCUT2D eigenvalue weighted by atomic mass is 32.2. The number of carbonyl (C=O) groups is 2. The first-order chi connectivity index (χ1) is 10.2. The maximum absolute atomic E-state index is 12.3. The first kappa shape index (κ1) is 16.4. The number of thiophene rings is 1. The van der Waals surface area contributed by atoms with Crippen LogP contribution in [0.2, 0.25) is 0 Å². The van der Waals surface area contributed by atoms with E-state index >= 15 is 0 Å². The van der Waals surface area contributed by atoms with Gasteiger partial charge in [-0.15, -0.1) is 0 Å². The summed E-state index contributed by atoms with van der Waals surface area (Å²) in [6.07, 6.45) is 1.76. The summed E-state index contributed by atoms with van der Waals surface area (Å²) in [7, 11) is -3.71. The molecule has 1 fully saturated rings. The number of hydrogen-bond acceptors (Lipinski definition) is 7. The highest BCUT2D eigenvalue weighted by Gasteiger charge is 2.36. The van der Waals surface area contributed by atoms with Crippen molar-refractivity contribution in [3.8, 4) is 0 Å². The van der Waals surface area contributed by atoms with E-state index < -0.39 is 32.8 Å². The van der Waals surface area contributed by atoms with Crippen molar-refractivity contribution in [2.24, 2.45) is 0 Å². The molecule has 2 heterocycles. The molecular weight excluding hydrogens is 334 g/mol. The fraction of sp³-hybridized carbons (Fsp3) is 0.455. The molecule has 2 rings (SSSR count). The van der Waals surface area contributed by atoms with E-state index in [4.69, 9.17) is 0 Å². The second kappa shape index (κ2) is 6.01. The third-order valence-electron chi connectivity index (χ3n) is 3.08. The van der Waals surface area contributed by atoms with Crippen LogP contribution in [0.25, 0.3) is 0 Å². The molecule has 0 aliphatic carbocycles. The Labute approximate surface area is 130 Å². The van der Waals surface area contributed by atoms with Gasteiger partial charge in [0.1, 0.15) is 6.04 Å². The molecule has 1 aromatic rings. The van der Waals surface area contributed by atoms with Crippen molar-refractivity contribution in [2.75, 3.05) is 12.8 Å². The van der Waals surface area contributed by atoms with Crippen molar-refractivity contribution < 1.29 is 22.9 Å². The topological polar surface area (TPSA) is 127 Å². The smallest absolute Gasteiger partial charge is 0.324 e. The first-order valence-corrected chi connectivity index (χ1v) is 8.96. The average molecular weight is 347 g/mol. The van der Waals surface area contributed by atoms with Crippen molar-refractivity contribution in [3.63, 3.8) is 0 Å². The van der Waals surface area contributed by atoms with Gasteiger partial charge in [-0.3, -0.25) is 24.4 Å². The predicted octanol–water partition coefficient (Wildman–Crippen LogP) is 0.337. The summed E-state index contributed by atoms with van der Waals surface area (Å²) in [5.74, 6) is -1.27. The lowest BCUT2D eigenvalue weighted by Crippen LogP contribution is -2.47. The summed E-state index contributed by atoms with van der Waals surface area (Å²) in [5, 5.41) is 10.5. The second-order valence-electron chi connectivity index (χ2n) is 4.79. The van der Waals surface area contributed by atoms with Crippen LogP contribution in [0.3, 0.4) is 0 Å². The molecule has 2 amide bonds. The van der Waals surface area contributed by atoms with Gasteiger partial charge in [0.25, 0.3) is 11.8 Å². The molecular formula is C11H13N3O6S2. The largest absolute Gasteiger partial charge is 0.326 e. The van der Waals surface area contributed by atoms with Gasteiger partial charge in [0.05, 0.1) is 16.1 Å². The van der Waals surface area contributed by atoms with E-state index in [2.05, 4.69) is 0 Å². The van der Waals surface area contributed by atoms with E-state index in [1.165, 1.54) is 17.0 Å². The van der Waals surface area contributed by atoms with E-state index in [1.54, 1.807) is 0 Å². The van der Waals surface area contributed by atoms with Crippen LogP contribution in [-0.4, -0.2) is 48.9 Å². The standard InChI is InChI=1S/C11H13N3O6S2/c1-22(19,20)12-10(15)7-3-2-6-13(7)11(16)8-4-5-9(21-8)14(17)18/h4-5,7H,2-3,6H2,1H3,(H,12,15)/t7-/m0/s1. The molecule has 1 aromatic heterocycles. The van der Waals surface area contributed by atoms with Crippen LogP contribution in [0.4, 0.5) is 5.00 Å². The molecule has 11 heteroatoms. The molecule has 0 bridgehead atoms. The van der Waals surface area contributed by atoms with Crippen LogP contribution in [0.1, 0.15) is 22.5 Å². The van der Waals surface area contributed by atoms with Crippen LogP contribution >= 0.6 is 11.3 Å². The van der Waals surface area contributed by atoms with Crippen LogP contribution in [0.15, 0.2) is 12.1 Å². The van der Waals surface area contributed by atoms with E-state index in [1.807, 2.05) is 4.72 Å². The Morgan fingerprint density at radius 1 is 1.45 bits per heavy atom. The predicted molar refractivity (Wildman–Crippen MR) is 78.0 cm³/mol. The minimum atomic E-state index is -3.71. The van der Waals surface area contributed by atoms with Crippen molar-refractivity contribution in [3.05, 3.63) is 27.1 Å². The Hall–Kier alpha value is -2.01. The van der Waals surface area contributed by atoms with Crippen molar-refractivity contribution in [1.82, 2.24) is 9.62 Å². The van der Waals surface area contributed by atoms with Gasteiger partial charge in [-0.05, 0) is 18.9 Å². The van der Waals surface area contributed by atoms with Gasteiger partial charge >= 0.3 is 5.00 Å². The van der Waals surface area contributed by atoms with Gasteiger partial charge in [0.2, 0.25) is 10.0 Å². The summed E-state index contributed by atoms with van der Waals surface area (Å²) in [6.45, 7) is 0.298. The number of carbonyl (C=O) groups excluding carboxylic acids is 2. The zero-order valence-corrected chi connectivity index (χ0v) is 13.1. The Morgan fingerprint density at radius 3 is 2.68 bits per heavy atom. The summed E-state index contributed by atoms with van der Waals surface area (Å²) in [5.41, 5.74) is 0. The number of nitro groups is 1. The monoisotopic (exact) mass is 347 g/mol. The van der Waals surface area contributed by atoms with Gasteiger partial charge in [0, 0.05) is 12.6 Å². The number of likely N-dealkylation sites (tertiary alicyclic amines) is 1. The van der Waals surface area contributed by atoms with E-state index in [-0.39, 0.29) is 9.88 Å². The Bertz CT molecular complexity index is 726. The summed E-state index contributed by atoms with van der Waals surface area (Å²) < 4.78 is 24.1. The summed E-state index contributed by atoms with van der Waals surface area (Å²) in [4.78, 5) is 35.7. The molecule has 9 nitrogen and oxygen atoms in total. The molecule has 0 spiro atoms. The van der Waals surface area contributed by atoms with Crippen LogP contribution in [0.5, 0.6) is 0 Å². The number of nitrogens with zero attached hydrogens (tertiary/aromatic N) is 2. The maximum atomic E-state index is 12.3. The molecule has 1 saturated heterocycles. The van der Waals surface area contributed by atoms with Crippen molar-refractivity contribution in [1.29, 1.82) is 0 Å². The molecule has 1 aliphatic rings. The van der Waals surface area contributed by atoms with E-state index in [0.29, 0.717) is 19.4 Å². The first-order valence-electron chi connectivity index (χ1n) is 6.26. The normalized spacial score (nSPS) is 18.2. The van der Waals surface area contributed by atoms with Crippen LogP contribution < -0.4 is 4.72 Å². The molecule has 1 aliphatic heterocycles. The van der Waals surface area contributed by atoms with Crippen LogP contribution in [-0.2, 0) is 14.8 Å². The minimum Gasteiger partial charge on any atom is -0.326 e. The lowest BCUT2D eigenvalue weighted by molar-refractivity contribution is -0.380. The van der Waals surface area contributed by atoms with Gasteiger partial charge in [-0.2, -0.15) is 0 Å². The molecule has 1 atom stereocenters. The molecule has 0 radical (unpaired) electrons.